The average molecular weight is 386 g/mol. The first-order valence-corrected chi connectivity index (χ1v) is 9.92. The van der Waals surface area contributed by atoms with E-state index in [9.17, 15) is 22.4 Å². The van der Waals surface area contributed by atoms with E-state index in [4.69, 9.17) is 5.11 Å². The Balaban J connectivity index is 1.91. The van der Waals surface area contributed by atoms with Gasteiger partial charge in [-0.1, -0.05) is 12.1 Å². The third kappa shape index (κ3) is 5.01. The summed E-state index contributed by atoms with van der Waals surface area (Å²) in [6, 6.07) is 4.96. The molecule has 0 bridgehead atoms. The summed E-state index contributed by atoms with van der Waals surface area (Å²) in [6.07, 6.45) is 0.985. The van der Waals surface area contributed by atoms with Gasteiger partial charge in [-0.2, -0.15) is 4.31 Å². The number of aliphatic carboxylic acids is 1. The van der Waals surface area contributed by atoms with Gasteiger partial charge in [-0.25, -0.2) is 12.8 Å². The van der Waals surface area contributed by atoms with E-state index in [0.29, 0.717) is 19.3 Å². The van der Waals surface area contributed by atoms with E-state index in [1.807, 2.05) is 0 Å². The van der Waals surface area contributed by atoms with Crippen molar-refractivity contribution >= 4 is 21.9 Å². The van der Waals surface area contributed by atoms with Gasteiger partial charge in [0.25, 0.3) is 0 Å². The Morgan fingerprint density at radius 2 is 1.92 bits per heavy atom. The van der Waals surface area contributed by atoms with Crippen molar-refractivity contribution in [3.05, 3.63) is 30.1 Å². The number of hydrogen-bond donors (Lipinski definition) is 2. The van der Waals surface area contributed by atoms with Crippen LogP contribution in [0, 0.1) is 11.7 Å². The van der Waals surface area contributed by atoms with Crippen LogP contribution in [0.1, 0.15) is 32.6 Å². The molecule has 2 rings (SSSR count). The molecule has 0 saturated carbocycles. The minimum absolute atomic E-state index is 0.0270. The third-order valence-electron chi connectivity index (χ3n) is 4.46. The van der Waals surface area contributed by atoms with E-state index >= 15 is 0 Å². The van der Waals surface area contributed by atoms with Crippen LogP contribution in [0.3, 0.4) is 0 Å². The van der Waals surface area contributed by atoms with Gasteiger partial charge in [0.15, 0.2) is 0 Å². The molecule has 0 aliphatic carbocycles. The zero-order valence-electron chi connectivity index (χ0n) is 14.5. The molecule has 144 valence electrons. The van der Waals surface area contributed by atoms with Gasteiger partial charge in [0.05, 0.1) is 0 Å². The van der Waals surface area contributed by atoms with Crippen molar-refractivity contribution in [3.8, 4) is 0 Å². The predicted octanol–water partition coefficient (Wildman–Crippen LogP) is 1.60. The molecule has 0 radical (unpaired) electrons. The number of halogens is 1. The summed E-state index contributed by atoms with van der Waals surface area (Å²) in [5.74, 6) is -2.25. The maximum atomic E-state index is 13.8. The summed E-state index contributed by atoms with van der Waals surface area (Å²) in [5.41, 5.74) is 0. The third-order valence-corrected chi connectivity index (χ3v) is 6.39. The van der Waals surface area contributed by atoms with Gasteiger partial charge in [0.2, 0.25) is 15.9 Å². The quantitative estimate of drug-likeness (QED) is 0.741. The summed E-state index contributed by atoms with van der Waals surface area (Å²) in [4.78, 5) is 22.5. The van der Waals surface area contributed by atoms with Gasteiger partial charge in [-0.3, -0.25) is 9.59 Å². The molecule has 1 aromatic rings. The van der Waals surface area contributed by atoms with Crippen molar-refractivity contribution in [2.24, 2.45) is 5.92 Å². The molecule has 7 nitrogen and oxygen atoms in total. The van der Waals surface area contributed by atoms with E-state index in [-0.39, 0.29) is 42.3 Å². The SMILES string of the molecule is CC(CCC(=O)O)NC(=O)C1CCN(S(=O)(=O)c2ccccc2F)CC1. The number of carbonyl (C=O) groups excluding carboxylic acids is 1. The largest absolute Gasteiger partial charge is 0.481 e. The molecule has 9 heteroatoms. The standard InChI is InChI=1S/C17H23FN2O5S/c1-12(6-7-16(21)22)19-17(23)13-8-10-20(11-9-13)26(24,25)15-5-3-2-4-14(15)18/h2-5,12-13H,6-11H2,1H3,(H,19,23)(H,21,22). The van der Waals surface area contributed by atoms with Gasteiger partial charge in [-0.05, 0) is 38.3 Å². The molecule has 1 aliphatic rings. The van der Waals surface area contributed by atoms with Crippen molar-refractivity contribution < 1.29 is 27.5 Å². The molecular weight excluding hydrogens is 363 g/mol. The van der Waals surface area contributed by atoms with Crippen LogP contribution < -0.4 is 5.32 Å². The lowest BCUT2D eigenvalue weighted by Gasteiger charge is -2.31. The first-order chi connectivity index (χ1) is 12.2. The topological polar surface area (TPSA) is 104 Å². The number of amides is 1. The molecular formula is C17H23FN2O5S. The van der Waals surface area contributed by atoms with Gasteiger partial charge in [-0.15, -0.1) is 0 Å². The number of nitrogens with one attached hydrogen (secondary N) is 1. The van der Waals surface area contributed by atoms with Crippen LogP contribution in [-0.2, 0) is 19.6 Å². The Hall–Kier alpha value is -2.00. The molecule has 0 spiro atoms. The van der Waals surface area contributed by atoms with E-state index in [0.717, 1.165) is 6.07 Å². The lowest BCUT2D eigenvalue weighted by molar-refractivity contribution is -0.137. The molecule has 1 heterocycles. The van der Waals surface area contributed by atoms with Crippen molar-refractivity contribution in [1.82, 2.24) is 9.62 Å². The van der Waals surface area contributed by atoms with E-state index in [1.165, 1.54) is 22.5 Å². The highest BCUT2D eigenvalue weighted by Gasteiger charge is 2.33. The first kappa shape index (κ1) is 20.3. The number of carboxylic acid groups (broad SMARTS) is 1. The van der Waals surface area contributed by atoms with Crippen LogP contribution >= 0.6 is 0 Å². The minimum Gasteiger partial charge on any atom is -0.481 e. The van der Waals surface area contributed by atoms with E-state index < -0.39 is 21.8 Å². The molecule has 1 saturated heterocycles. The highest BCUT2D eigenvalue weighted by Crippen LogP contribution is 2.25. The Morgan fingerprint density at radius 1 is 1.31 bits per heavy atom. The first-order valence-electron chi connectivity index (χ1n) is 8.48. The van der Waals surface area contributed by atoms with Crippen LogP contribution in [0.25, 0.3) is 0 Å². The number of carboxylic acids is 1. The van der Waals surface area contributed by atoms with Gasteiger partial charge in [0.1, 0.15) is 10.7 Å². The number of nitrogens with zero attached hydrogens (tertiary/aromatic N) is 1. The molecule has 2 N–H and O–H groups in total. The number of benzene rings is 1. The van der Waals surface area contributed by atoms with Crippen LogP contribution in [0.4, 0.5) is 4.39 Å². The number of carbonyl (C=O) groups is 2. The Morgan fingerprint density at radius 3 is 2.50 bits per heavy atom. The fourth-order valence-corrected chi connectivity index (χ4v) is 4.46. The van der Waals surface area contributed by atoms with Crippen LogP contribution in [-0.4, -0.2) is 48.8 Å². The fraction of sp³-hybridized carbons (Fsp3) is 0.529. The average Bonchev–Trinajstić information content (AvgIpc) is 2.60. The summed E-state index contributed by atoms with van der Waals surface area (Å²) in [5, 5.41) is 11.4. The second kappa shape index (κ2) is 8.59. The molecule has 1 aromatic carbocycles. The molecule has 0 aromatic heterocycles. The maximum Gasteiger partial charge on any atom is 0.303 e. The second-order valence-corrected chi connectivity index (χ2v) is 8.36. The molecule has 1 fully saturated rings. The number of sulfonamides is 1. The highest BCUT2D eigenvalue weighted by molar-refractivity contribution is 7.89. The molecule has 1 aliphatic heterocycles. The summed E-state index contributed by atoms with van der Waals surface area (Å²) >= 11 is 0. The van der Waals surface area contributed by atoms with Gasteiger partial charge < -0.3 is 10.4 Å². The lowest BCUT2D eigenvalue weighted by Crippen LogP contribution is -2.45. The van der Waals surface area contributed by atoms with E-state index in [2.05, 4.69) is 5.32 Å². The van der Waals surface area contributed by atoms with Crippen LogP contribution in [0.5, 0.6) is 0 Å². The van der Waals surface area contributed by atoms with Crippen molar-refractivity contribution in [2.75, 3.05) is 13.1 Å². The summed E-state index contributed by atoms with van der Waals surface area (Å²) in [7, 11) is -3.92. The summed E-state index contributed by atoms with van der Waals surface area (Å²) in [6.45, 7) is 2.01. The van der Waals surface area contributed by atoms with Gasteiger partial charge in [0, 0.05) is 31.5 Å². The Kier molecular flexibility index (Phi) is 6.71. The summed E-state index contributed by atoms with van der Waals surface area (Å²) < 4.78 is 40.1. The Labute approximate surface area is 152 Å². The predicted molar refractivity (Wildman–Crippen MR) is 92.4 cm³/mol. The number of rotatable bonds is 7. The monoisotopic (exact) mass is 386 g/mol. The van der Waals surface area contributed by atoms with Crippen LogP contribution in [0.15, 0.2) is 29.2 Å². The van der Waals surface area contributed by atoms with E-state index in [1.54, 1.807) is 6.92 Å². The van der Waals surface area contributed by atoms with Crippen molar-refractivity contribution in [2.45, 2.75) is 43.5 Å². The number of piperidine rings is 1. The lowest BCUT2D eigenvalue weighted by atomic mass is 9.96. The van der Waals surface area contributed by atoms with Crippen molar-refractivity contribution in [3.63, 3.8) is 0 Å². The smallest absolute Gasteiger partial charge is 0.303 e. The zero-order chi connectivity index (χ0) is 19.3. The second-order valence-electron chi connectivity index (χ2n) is 6.45. The normalized spacial score (nSPS) is 17.6. The number of hydrogen-bond acceptors (Lipinski definition) is 4. The zero-order valence-corrected chi connectivity index (χ0v) is 15.3. The molecule has 1 amide bonds. The molecule has 1 unspecified atom stereocenters. The minimum atomic E-state index is -3.92. The fourth-order valence-electron chi connectivity index (χ4n) is 2.92. The molecule has 1 atom stereocenters. The van der Waals surface area contributed by atoms with Gasteiger partial charge >= 0.3 is 5.97 Å². The van der Waals surface area contributed by atoms with Crippen molar-refractivity contribution in [1.29, 1.82) is 0 Å². The maximum absolute atomic E-state index is 13.8. The Bertz CT molecular complexity index is 760. The molecule has 26 heavy (non-hydrogen) atoms. The van der Waals surface area contributed by atoms with Crippen LogP contribution in [0.2, 0.25) is 0 Å². The highest BCUT2D eigenvalue weighted by atomic mass is 32.2.